The molecule has 5 aromatic rings. The van der Waals surface area contributed by atoms with Crippen molar-refractivity contribution in [3.05, 3.63) is 125 Å². The summed E-state index contributed by atoms with van der Waals surface area (Å²) < 4.78 is 2.85. The van der Waals surface area contributed by atoms with Crippen LogP contribution in [0.1, 0.15) is 22.5 Å². The van der Waals surface area contributed by atoms with Crippen molar-refractivity contribution in [3.8, 4) is 11.4 Å². The van der Waals surface area contributed by atoms with E-state index in [4.69, 9.17) is 34.8 Å². The van der Waals surface area contributed by atoms with E-state index in [-0.39, 0.29) is 11.1 Å². The van der Waals surface area contributed by atoms with Gasteiger partial charge in [0, 0.05) is 33.9 Å². The molecule has 0 atom stereocenters. The summed E-state index contributed by atoms with van der Waals surface area (Å²) in [5, 5.41) is 7.65. The van der Waals surface area contributed by atoms with Crippen molar-refractivity contribution in [2.45, 2.75) is 13.8 Å². The second kappa shape index (κ2) is 10.9. The summed E-state index contributed by atoms with van der Waals surface area (Å²) in [6, 6.07) is 18.9. The topological polar surface area (TPSA) is 100 Å². The fraction of sp³-hybridized carbons (Fsp3) is 0.0714. The highest BCUT2D eigenvalue weighted by molar-refractivity contribution is 6.33. The lowest BCUT2D eigenvalue weighted by atomic mass is 10.2. The zero-order valence-corrected chi connectivity index (χ0v) is 23.0. The molecule has 0 amide bonds. The van der Waals surface area contributed by atoms with Crippen molar-refractivity contribution < 1.29 is 0 Å². The molecular weight excluding hydrogens is 559 g/mol. The summed E-state index contributed by atoms with van der Waals surface area (Å²) in [6.07, 6.45) is 2.97. The number of benzene rings is 3. The molecule has 0 spiro atoms. The maximum absolute atomic E-state index is 13.0. The van der Waals surface area contributed by atoms with Crippen LogP contribution in [-0.2, 0) is 0 Å². The third-order valence-electron chi connectivity index (χ3n) is 6.01. The van der Waals surface area contributed by atoms with Gasteiger partial charge in [-0.2, -0.15) is 0 Å². The Hall–Kier alpha value is -4.11. The fourth-order valence-corrected chi connectivity index (χ4v) is 4.34. The summed E-state index contributed by atoms with van der Waals surface area (Å²) >= 11 is 18.3. The van der Waals surface area contributed by atoms with Gasteiger partial charge in [-0.15, -0.1) is 0 Å². The Balaban J connectivity index is 1.42. The van der Waals surface area contributed by atoms with Gasteiger partial charge < -0.3 is 0 Å². The van der Waals surface area contributed by atoms with Crippen LogP contribution in [0, 0.1) is 13.8 Å². The van der Waals surface area contributed by atoms with Crippen LogP contribution in [0.3, 0.4) is 0 Å². The molecule has 2 N–H and O–H groups in total. The van der Waals surface area contributed by atoms with E-state index in [1.807, 2.05) is 0 Å². The smallest absolute Gasteiger partial charge is 0.280 e. The quantitative estimate of drug-likeness (QED) is 0.218. The van der Waals surface area contributed by atoms with E-state index in [9.17, 15) is 9.59 Å². The van der Waals surface area contributed by atoms with Gasteiger partial charge in [0.1, 0.15) is 0 Å². The largest absolute Gasteiger partial charge is 0.295 e. The molecule has 0 saturated carbocycles. The zero-order valence-electron chi connectivity index (χ0n) is 20.7. The van der Waals surface area contributed by atoms with Crippen LogP contribution >= 0.6 is 34.8 Å². The predicted molar refractivity (Wildman–Crippen MR) is 158 cm³/mol. The lowest BCUT2D eigenvalue weighted by Crippen LogP contribution is -2.17. The predicted octanol–water partition coefficient (Wildman–Crippen LogP) is 6.72. The molecule has 0 bridgehead atoms. The van der Waals surface area contributed by atoms with Crippen LogP contribution in [0.2, 0.25) is 15.1 Å². The van der Waals surface area contributed by atoms with Gasteiger partial charge in [0.25, 0.3) is 11.1 Å². The maximum atomic E-state index is 13.0. The Bertz CT molecular complexity index is 1840. The van der Waals surface area contributed by atoms with Gasteiger partial charge in [-0.3, -0.25) is 29.8 Å². The van der Waals surface area contributed by atoms with Gasteiger partial charge in [0.2, 0.25) is 0 Å². The molecule has 8 nitrogen and oxygen atoms in total. The summed E-state index contributed by atoms with van der Waals surface area (Å²) in [6.45, 7) is 3.58. The molecule has 2 aromatic heterocycles. The molecule has 0 aliphatic heterocycles. The Morgan fingerprint density at radius 1 is 0.667 bits per heavy atom. The zero-order chi connectivity index (χ0) is 27.7. The Labute approximate surface area is 237 Å². The van der Waals surface area contributed by atoms with E-state index in [0.29, 0.717) is 60.3 Å². The summed E-state index contributed by atoms with van der Waals surface area (Å²) in [7, 11) is 0. The molecule has 0 fully saturated rings. The number of H-pyrrole nitrogens is 2. The molecule has 196 valence electrons. The monoisotopic (exact) mass is 578 g/mol. The molecule has 3 aromatic carbocycles. The van der Waals surface area contributed by atoms with E-state index in [1.54, 1.807) is 80.6 Å². The highest BCUT2D eigenvalue weighted by atomic mass is 35.5. The van der Waals surface area contributed by atoms with Crippen LogP contribution in [0.25, 0.3) is 11.4 Å². The summed E-state index contributed by atoms with van der Waals surface area (Å²) in [5.74, 6) is 0. The number of hydrogen-bond donors (Lipinski definition) is 2. The number of rotatable bonds is 6. The van der Waals surface area contributed by atoms with Gasteiger partial charge >= 0.3 is 0 Å². The van der Waals surface area contributed by atoms with Gasteiger partial charge in [-0.25, -0.2) is 9.36 Å². The number of aryl methyl sites for hydroxylation is 2. The number of hydrogen-bond acceptors (Lipinski definition) is 4. The first kappa shape index (κ1) is 26.5. The van der Waals surface area contributed by atoms with Crippen molar-refractivity contribution in [2.24, 2.45) is 9.98 Å². The first-order chi connectivity index (χ1) is 18.7. The molecule has 0 aliphatic carbocycles. The number of aromatic nitrogens is 4. The van der Waals surface area contributed by atoms with Gasteiger partial charge in [0.15, 0.2) is 0 Å². The molecule has 0 radical (unpaired) electrons. The second-order valence-corrected chi connectivity index (χ2v) is 9.97. The van der Waals surface area contributed by atoms with E-state index in [0.717, 1.165) is 0 Å². The average molecular weight is 580 g/mol. The minimum Gasteiger partial charge on any atom is -0.295 e. The Morgan fingerprint density at radius 3 is 1.62 bits per heavy atom. The van der Waals surface area contributed by atoms with E-state index in [2.05, 4.69) is 20.2 Å². The van der Waals surface area contributed by atoms with Crippen molar-refractivity contribution in [3.63, 3.8) is 0 Å². The first-order valence-corrected chi connectivity index (χ1v) is 12.9. The van der Waals surface area contributed by atoms with Crippen LogP contribution in [0.5, 0.6) is 0 Å². The Morgan fingerprint density at radius 2 is 1.13 bits per heavy atom. The molecular formula is C28H21Cl3N6O2. The number of halogens is 3. The van der Waals surface area contributed by atoms with Crippen LogP contribution in [-0.4, -0.2) is 32.0 Å². The van der Waals surface area contributed by atoms with E-state index >= 15 is 0 Å². The van der Waals surface area contributed by atoms with Crippen molar-refractivity contribution in [1.29, 1.82) is 0 Å². The third kappa shape index (κ3) is 5.54. The van der Waals surface area contributed by atoms with Crippen molar-refractivity contribution >= 4 is 58.6 Å². The third-order valence-corrected chi connectivity index (χ3v) is 6.83. The molecule has 39 heavy (non-hydrogen) atoms. The first-order valence-electron chi connectivity index (χ1n) is 11.7. The Kier molecular flexibility index (Phi) is 7.43. The van der Waals surface area contributed by atoms with E-state index < -0.39 is 0 Å². The fourth-order valence-electron chi connectivity index (χ4n) is 3.92. The second-order valence-electron chi connectivity index (χ2n) is 8.69. The summed E-state index contributed by atoms with van der Waals surface area (Å²) in [5.41, 5.74) is 3.87. The average Bonchev–Trinajstić information content (AvgIpc) is 3.37. The molecule has 11 heteroatoms. The molecule has 5 rings (SSSR count). The minimum absolute atomic E-state index is 0.245. The number of aliphatic imine (C=N–C) groups is 2. The van der Waals surface area contributed by atoms with Gasteiger partial charge in [-0.05, 0) is 80.6 Å². The van der Waals surface area contributed by atoms with Crippen molar-refractivity contribution in [2.75, 3.05) is 0 Å². The molecule has 0 unspecified atom stereocenters. The molecule has 0 aliphatic rings. The highest BCUT2D eigenvalue weighted by Crippen LogP contribution is 2.29. The number of nitrogens with one attached hydrogen (secondary N) is 2. The number of aromatic amines is 2. The van der Waals surface area contributed by atoms with E-state index in [1.165, 1.54) is 21.8 Å². The van der Waals surface area contributed by atoms with Crippen molar-refractivity contribution in [1.82, 2.24) is 19.6 Å². The van der Waals surface area contributed by atoms with Gasteiger partial charge in [-0.1, -0.05) is 34.8 Å². The van der Waals surface area contributed by atoms with Crippen LogP contribution in [0.15, 0.2) is 86.3 Å². The lowest BCUT2D eigenvalue weighted by molar-refractivity contribution is 0.835. The highest BCUT2D eigenvalue weighted by Gasteiger charge is 2.12. The lowest BCUT2D eigenvalue weighted by Gasteiger charge is -2.01. The standard InChI is InChI=1S/C28H21Cl3N6O2/c1-16-23(27(38)36(34-16)21-8-3-18(29)4-9-21)14-32-20-7-12-25(31)26(13-20)33-15-24-17(2)35-37(28(24)39)22-10-5-19(30)6-11-22/h3-15,34-35H,1-2H3. The van der Waals surface area contributed by atoms with Crippen LogP contribution in [0.4, 0.5) is 11.4 Å². The number of nitrogens with zero attached hydrogens (tertiary/aromatic N) is 4. The summed E-state index contributed by atoms with van der Waals surface area (Å²) in [4.78, 5) is 34.9. The SMILES string of the molecule is Cc1[nH]n(-c2ccc(Cl)cc2)c(=O)c1C=Nc1ccc(Cl)c(N=Cc2c(C)[nH]n(-c3ccc(Cl)cc3)c2=O)c1. The molecule has 2 heterocycles. The van der Waals surface area contributed by atoms with Gasteiger partial charge in [0.05, 0.1) is 38.9 Å². The molecule has 0 saturated heterocycles. The minimum atomic E-state index is -0.260. The normalized spacial score (nSPS) is 11.7. The maximum Gasteiger partial charge on any atom is 0.280 e. The van der Waals surface area contributed by atoms with Crippen LogP contribution < -0.4 is 11.1 Å².